The molecule has 0 saturated carbocycles. The Balaban J connectivity index is 3.00. The van der Waals surface area contributed by atoms with Gasteiger partial charge in [-0.15, -0.1) is 0 Å². The van der Waals surface area contributed by atoms with Crippen LogP contribution in [0.3, 0.4) is 0 Å². The van der Waals surface area contributed by atoms with Crippen LogP contribution in [-0.4, -0.2) is 150 Å². The van der Waals surface area contributed by atoms with Crippen LogP contribution in [0.25, 0.3) is 0 Å². The highest BCUT2D eigenvalue weighted by Gasteiger charge is 1.96. The van der Waals surface area contributed by atoms with Crippen molar-refractivity contribution in [2.45, 2.75) is 0 Å². The van der Waals surface area contributed by atoms with E-state index in [1.807, 2.05) is 0 Å². The maximum absolute atomic E-state index is 8.55. The minimum absolute atomic E-state index is 0.0271. The third-order valence-electron chi connectivity index (χ3n) is 4.05. The zero-order chi connectivity index (χ0) is 26.0. The van der Waals surface area contributed by atoms with E-state index in [0.29, 0.717) is 139 Å². The number of hydrogen-bond acceptors (Lipinski definition) is 12. The average molecular weight is 529 g/mol. The van der Waals surface area contributed by atoms with Gasteiger partial charge in [-0.05, 0) is 0 Å². The normalized spacial score (nSPS) is 11.2. The minimum Gasteiger partial charge on any atom is -0.499 e. The van der Waals surface area contributed by atoms with E-state index < -0.39 is 0 Å². The third kappa shape index (κ3) is 33.1. The van der Waals surface area contributed by atoms with Crippen molar-refractivity contribution in [1.82, 2.24) is 0 Å². The lowest BCUT2D eigenvalue weighted by molar-refractivity contribution is -0.0272. The first-order valence-corrected chi connectivity index (χ1v) is 12.5. The van der Waals surface area contributed by atoms with Gasteiger partial charge in [0.15, 0.2) is 0 Å². The second kappa shape index (κ2) is 34.1. The van der Waals surface area contributed by atoms with Crippen LogP contribution in [0, 0.1) is 0 Å². The topological polar surface area (TPSA) is 122 Å². The number of aliphatic hydroxyl groups excluding tert-OH is 1. The van der Waals surface area contributed by atoms with Gasteiger partial charge in [0, 0.05) is 0 Å². The van der Waals surface area contributed by atoms with E-state index in [4.69, 9.17) is 57.2 Å². The van der Waals surface area contributed by atoms with E-state index in [9.17, 15) is 0 Å². The van der Waals surface area contributed by atoms with Crippen molar-refractivity contribution in [1.29, 1.82) is 0 Å². The van der Waals surface area contributed by atoms with Gasteiger partial charge in [-0.2, -0.15) is 0 Å². The molecule has 0 unspecified atom stereocenters. The molecule has 12 nitrogen and oxygen atoms in total. The van der Waals surface area contributed by atoms with Crippen LogP contribution in [0.4, 0.5) is 0 Å². The molecule has 0 spiro atoms. The number of rotatable bonds is 33. The molecule has 0 fully saturated rings. The van der Waals surface area contributed by atoms with Gasteiger partial charge < -0.3 is 57.2 Å². The van der Waals surface area contributed by atoms with Crippen LogP contribution in [0.2, 0.25) is 0 Å². The summed E-state index contributed by atoms with van der Waals surface area (Å²) in [7, 11) is 0. The van der Waals surface area contributed by atoms with E-state index in [1.165, 1.54) is 6.26 Å². The molecule has 36 heavy (non-hydrogen) atoms. The zero-order valence-corrected chi connectivity index (χ0v) is 21.8. The van der Waals surface area contributed by atoms with Gasteiger partial charge in [-0.1, -0.05) is 6.58 Å². The summed E-state index contributed by atoms with van der Waals surface area (Å²) in [5, 5.41) is 8.55. The Hall–Kier alpha value is -0.900. The Kier molecular flexibility index (Phi) is 33.2. The molecule has 0 aliphatic carbocycles. The van der Waals surface area contributed by atoms with Crippen molar-refractivity contribution in [3.63, 3.8) is 0 Å². The van der Waals surface area contributed by atoms with Crippen molar-refractivity contribution >= 4 is 0 Å². The first-order valence-electron chi connectivity index (χ1n) is 12.5. The minimum atomic E-state index is 0.0271. The van der Waals surface area contributed by atoms with E-state index >= 15 is 0 Å². The lowest BCUT2D eigenvalue weighted by Crippen LogP contribution is -2.15. The summed E-state index contributed by atoms with van der Waals surface area (Å²) in [5.74, 6) is 0. The van der Waals surface area contributed by atoms with Crippen LogP contribution < -0.4 is 0 Å². The quantitative estimate of drug-likeness (QED) is 0.0931. The Morgan fingerprint density at radius 1 is 0.333 bits per heavy atom. The first-order chi connectivity index (χ1) is 17.9. The van der Waals surface area contributed by atoms with Gasteiger partial charge in [0.25, 0.3) is 0 Å². The molecule has 0 bridgehead atoms. The molecule has 0 heterocycles. The summed E-state index contributed by atoms with van der Waals surface area (Å²) >= 11 is 0. The monoisotopic (exact) mass is 528 g/mol. The van der Waals surface area contributed by atoms with Gasteiger partial charge in [0.05, 0.1) is 145 Å². The smallest absolute Gasteiger partial charge is 0.111 e. The second-order valence-corrected chi connectivity index (χ2v) is 6.88. The molecule has 1 N–H and O–H groups in total. The molecule has 0 radical (unpaired) electrons. The third-order valence-corrected chi connectivity index (χ3v) is 4.05. The predicted molar refractivity (Wildman–Crippen MR) is 131 cm³/mol. The molecule has 0 rings (SSSR count). The fourth-order valence-corrected chi connectivity index (χ4v) is 2.34. The summed E-state index contributed by atoms with van der Waals surface area (Å²) in [4.78, 5) is 0. The molecule has 12 heteroatoms. The Bertz CT molecular complexity index is 403. The molecule has 0 atom stereocenters. The summed E-state index contributed by atoms with van der Waals surface area (Å²) in [6, 6.07) is 0. The zero-order valence-electron chi connectivity index (χ0n) is 21.8. The fourth-order valence-electron chi connectivity index (χ4n) is 2.34. The van der Waals surface area contributed by atoms with E-state index in [-0.39, 0.29) is 6.61 Å². The number of aliphatic hydroxyl groups is 1. The Labute approximate surface area is 215 Å². The highest BCUT2D eigenvalue weighted by atomic mass is 16.6. The molecule has 0 aromatic rings. The summed E-state index contributed by atoms with van der Waals surface area (Å²) in [6.45, 7) is 14.0. The summed E-state index contributed by atoms with van der Waals surface area (Å²) < 4.78 is 58.5. The molecule has 0 amide bonds. The second-order valence-electron chi connectivity index (χ2n) is 6.88. The molecular weight excluding hydrogens is 480 g/mol. The van der Waals surface area contributed by atoms with Crippen LogP contribution in [0.1, 0.15) is 0 Å². The molecule has 0 aliphatic rings. The summed E-state index contributed by atoms with van der Waals surface area (Å²) in [5.41, 5.74) is 0. The molecule has 0 aliphatic heterocycles. The maximum Gasteiger partial charge on any atom is 0.111 e. The lowest BCUT2D eigenvalue weighted by atomic mass is 10.6. The SMILES string of the molecule is C=COCCOCCOCCOCCOCCOCCOCCOCCOCCOCCOCCO. The number of ether oxygens (including phenoxy) is 11. The largest absolute Gasteiger partial charge is 0.499 e. The molecule has 0 saturated heterocycles. The standard InChI is InChI=1S/C24H48O12/c1-2-26-5-6-28-9-10-30-13-14-32-17-18-34-21-22-36-24-23-35-20-19-33-16-15-31-12-11-29-8-7-27-4-3-25/h2,25H,1,3-24H2. The maximum atomic E-state index is 8.55. The van der Waals surface area contributed by atoms with Gasteiger partial charge in [-0.3, -0.25) is 0 Å². The van der Waals surface area contributed by atoms with Crippen LogP contribution in [0.5, 0.6) is 0 Å². The summed E-state index contributed by atoms with van der Waals surface area (Å²) in [6.07, 6.45) is 1.39. The van der Waals surface area contributed by atoms with Gasteiger partial charge in [0.1, 0.15) is 6.61 Å². The van der Waals surface area contributed by atoms with Crippen molar-refractivity contribution in [3.8, 4) is 0 Å². The number of hydrogen-bond donors (Lipinski definition) is 1. The van der Waals surface area contributed by atoms with Crippen molar-refractivity contribution in [2.75, 3.05) is 145 Å². The van der Waals surface area contributed by atoms with Crippen molar-refractivity contribution in [2.24, 2.45) is 0 Å². The first kappa shape index (κ1) is 35.1. The average Bonchev–Trinajstić information content (AvgIpc) is 2.89. The Morgan fingerprint density at radius 3 is 0.722 bits per heavy atom. The van der Waals surface area contributed by atoms with E-state index in [1.54, 1.807) is 0 Å². The van der Waals surface area contributed by atoms with Crippen LogP contribution in [0.15, 0.2) is 12.8 Å². The van der Waals surface area contributed by atoms with Gasteiger partial charge >= 0.3 is 0 Å². The molecular formula is C24H48O12. The van der Waals surface area contributed by atoms with Gasteiger partial charge in [-0.25, -0.2) is 0 Å². The molecule has 0 aromatic heterocycles. The van der Waals surface area contributed by atoms with Gasteiger partial charge in [0.2, 0.25) is 0 Å². The van der Waals surface area contributed by atoms with Crippen LogP contribution in [-0.2, 0) is 52.1 Å². The fraction of sp³-hybridized carbons (Fsp3) is 0.917. The van der Waals surface area contributed by atoms with Crippen LogP contribution >= 0.6 is 0 Å². The van der Waals surface area contributed by atoms with Crippen molar-refractivity contribution < 1.29 is 57.2 Å². The predicted octanol–water partition coefficient (Wildman–Crippen LogP) is 0.305. The van der Waals surface area contributed by atoms with E-state index in [2.05, 4.69) is 6.58 Å². The highest BCUT2D eigenvalue weighted by molar-refractivity contribution is 4.47. The highest BCUT2D eigenvalue weighted by Crippen LogP contribution is 1.86. The Morgan fingerprint density at radius 2 is 0.528 bits per heavy atom. The van der Waals surface area contributed by atoms with Crippen molar-refractivity contribution in [3.05, 3.63) is 12.8 Å². The molecule has 216 valence electrons. The molecule has 0 aromatic carbocycles. The van der Waals surface area contributed by atoms with E-state index in [0.717, 1.165) is 0 Å². The lowest BCUT2D eigenvalue weighted by Gasteiger charge is -2.09.